The van der Waals surface area contributed by atoms with E-state index in [1.165, 1.54) is 24.3 Å². The summed E-state index contributed by atoms with van der Waals surface area (Å²) < 4.78 is 55.0. The van der Waals surface area contributed by atoms with Gasteiger partial charge in [0.1, 0.15) is 0 Å². The zero-order valence-corrected chi connectivity index (χ0v) is 23.5. The molecular weight excluding hydrogens is 546 g/mol. The SMILES string of the molecule is CCN(CC)CCNc1ccc(C(N)=O)c(C2C/C(=C\c3ccc(F)c(F)c3)C(=O)/C(=C/c3ccc(F)c(F)c3)C2)c1. The van der Waals surface area contributed by atoms with Gasteiger partial charge in [0.2, 0.25) is 5.91 Å². The third-order valence-corrected chi connectivity index (χ3v) is 7.49. The molecule has 1 amide bonds. The van der Waals surface area contributed by atoms with Crippen molar-refractivity contribution < 1.29 is 27.2 Å². The highest BCUT2D eigenvalue weighted by Gasteiger charge is 2.31. The zero-order chi connectivity index (χ0) is 30.4. The number of rotatable bonds is 10. The molecule has 0 unspecified atom stereocenters. The van der Waals surface area contributed by atoms with Crippen molar-refractivity contribution in [1.29, 1.82) is 0 Å². The molecule has 0 bridgehead atoms. The quantitative estimate of drug-likeness (QED) is 0.207. The van der Waals surface area contributed by atoms with E-state index in [4.69, 9.17) is 5.73 Å². The fourth-order valence-corrected chi connectivity index (χ4v) is 5.20. The Morgan fingerprint density at radius 2 is 1.40 bits per heavy atom. The number of amides is 1. The first-order valence-corrected chi connectivity index (χ1v) is 13.9. The van der Waals surface area contributed by atoms with Gasteiger partial charge in [-0.25, -0.2) is 17.6 Å². The maximum atomic E-state index is 14.0. The average molecular weight is 580 g/mol. The molecule has 0 radical (unpaired) electrons. The zero-order valence-electron chi connectivity index (χ0n) is 23.5. The molecule has 220 valence electrons. The molecule has 5 nitrogen and oxygen atoms in total. The van der Waals surface area contributed by atoms with Gasteiger partial charge in [0.15, 0.2) is 29.1 Å². The number of primary amides is 1. The number of nitrogens with zero attached hydrogens (tertiary/aromatic N) is 1. The first-order valence-electron chi connectivity index (χ1n) is 13.9. The summed E-state index contributed by atoms with van der Waals surface area (Å²) >= 11 is 0. The maximum absolute atomic E-state index is 14.0. The molecule has 0 heterocycles. The molecule has 9 heteroatoms. The molecule has 1 aliphatic carbocycles. The number of hydrogen-bond donors (Lipinski definition) is 2. The van der Waals surface area contributed by atoms with E-state index in [1.54, 1.807) is 12.1 Å². The summed E-state index contributed by atoms with van der Waals surface area (Å²) in [5.74, 6) is -5.53. The predicted molar refractivity (Wildman–Crippen MR) is 157 cm³/mol. The van der Waals surface area contributed by atoms with Gasteiger partial charge in [0.25, 0.3) is 0 Å². The molecule has 1 saturated carbocycles. The van der Waals surface area contributed by atoms with Crippen LogP contribution in [0.1, 0.15) is 59.7 Å². The lowest BCUT2D eigenvalue weighted by Gasteiger charge is -2.28. The van der Waals surface area contributed by atoms with Gasteiger partial charge in [-0.1, -0.05) is 26.0 Å². The molecule has 4 rings (SSSR count). The lowest BCUT2D eigenvalue weighted by atomic mass is 9.75. The van der Waals surface area contributed by atoms with Crippen molar-refractivity contribution in [3.8, 4) is 0 Å². The summed E-state index contributed by atoms with van der Waals surface area (Å²) in [6.45, 7) is 7.50. The van der Waals surface area contributed by atoms with Gasteiger partial charge in [-0.3, -0.25) is 9.59 Å². The van der Waals surface area contributed by atoms with Gasteiger partial charge in [-0.05, 0) is 103 Å². The van der Waals surface area contributed by atoms with E-state index in [2.05, 4.69) is 24.1 Å². The highest BCUT2D eigenvalue weighted by atomic mass is 19.2. The molecular formula is C33H33F4N3O2. The Morgan fingerprint density at radius 1 is 0.857 bits per heavy atom. The molecule has 0 saturated heterocycles. The van der Waals surface area contributed by atoms with E-state index in [1.807, 2.05) is 6.07 Å². The molecule has 1 fully saturated rings. The molecule has 42 heavy (non-hydrogen) atoms. The second-order valence-corrected chi connectivity index (χ2v) is 10.2. The minimum Gasteiger partial charge on any atom is -0.384 e. The van der Waals surface area contributed by atoms with E-state index in [0.29, 0.717) is 28.8 Å². The van der Waals surface area contributed by atoms with Crippen LogP contribution in [0.3, 0.4) is 0 Å². The molecule has 0 atom stereocenters. The topological polar surface area (TPSA) is 75.4 Å². The molecule has 3 aromatic rings. The summed E-state index contributed by atoms with van der Waals surface area (Å²) in [5, 5.41) is 3.38. The minimum absolute atomic E-state index is 0.191. The van der Waals surface area contributed by atoms with Crippen molar-refractivity contribution in [3.63, 3.8) is 0 Å². The maximum Gasteiger partial charge on any atom is 0.248 e. The van der Waals surface area contributed by atoms with Crippen LogP contribution < -0.4 is 11.1 Å². The summed E-state index contributed by atoms with van der Waals surface area (Å²) in [4.78, 5) is 28.3. The number of ketones is 1. The van der Waals surface area contributed by atoms with Crippen molar-refractivity contribution in [2.75, 3.05) is 31.5 Å². The van der Waals surface area contributed by atoms with Crippen LogP contribution >= 0.6 is 0 Å². The molecule has 0 aliphatic heterocycles. The van der Waals surface area contributed by atoms with E-state index < -0.39 is 35.1 Å². The number of carbonyl (C=O) groups excluding carboxylic acids is 2. The van der Waals surface area contributed by atoms with Crippen LogP contribution in [0.4, 0.5) is 23.2 Å². The Hall–Kier alpha value is -4.24. The lowest BCUT2D eigenvalue weighted by Crippen LogP contribution is -2.28. The summed E-state index contributed by atoms with van der Waals surface area (Å²) in [7, 11) is 0. The van der Waals surface area contributed by atoms with E-state index >= 15 is 0 Å². The second-order valence-electron chi connectivity index (χ2n) is 10.2. The molecule has 3 aromatic carbocycles. The third kappa shape index (κ3) is 7.33. The van der Waals surface area contributed by atoms with Gasteiger partial charge in [-0.2, -0.15) is 0 Å². The number of allylic oxidation sites excluding steroid dienone is 2. The second kappa shape index (κ2) is 13.6. The number of hydrogen-bond acceptors (Lipinski definition) is 4. The van der Waals surface area contributed by atoms with Crippen LogP contribution in [0.2, 0.25) is 0 Å². The van der Waals surface area contributed by atoms with Crippen LogP contribution in [0.5, 0.6) is 0 Å². The van der Waals surface area contributed by atoms with Crippen LogP contribution in [0.25, 0.3) is 12.2 Å². The largest absolute Gasteiger partial charge is 0.384 e. The minimum atomic E-state index is -1.05. The first kappa shape index (κ1) is 30.7. The summed E-state index contributed by atoms with van der Waals surface area (Å²) in [6, 6.07) is 11.9. The number of likely N-dealkylation sites (N-methyl/N-ethyl adjacent to an activating group) is 1. The van der Waals surface area contributed by atoms with E-state index in [-0.39, 0.29) is 29.8 Å². The van der Waals surface area contributed by atoms with E-state index in [9.17, 15) is 27.2 Å². The highest BCUT2D eigenvalue weighted by molar-refractivity contribution is 6.14. The Labute approximate surface area is 242 Å². The van der Waals surface area contributed by atoms with Crippen molar-refractivity contribution in [2.24, 2.45) is 5.73 Å². The summed E-state index contributed by atoms with van der Waals surface area (Å²) in [6.07, 6.45) is 3.34. The fourth-order valence-electron chi connectivity index (χ4n) is 5.20. The smallest absolute Gasteiger partial charge is 0.248 e. The number of halogens is 4. The Bertz CT molecular complexity index is 1470. The Balaban J connectivity index is 1.75. The molecule has 3 N–H and O–H groups in total. The predicted octanol–water partition coefficient (Wildman–Crippen LogP) is 6.71. The van der Waals surface area contributed by atoms with Gasteiger partial charge in [0.05, 0.1) is 0 Å². The molecule has 0 aromatic heterocycles. The normalized spacial score (nSPS) is 17.3. The van der Waals surface area contributed by atoms with Crippen LogP contribution in [0, 0.1) is 23.3 Å². The monoisotopic (exact) mass is 579 g/mol. The van der Waals surface area contributed by atoms with Crippen molar-refractivity contribution in [1.82, 2.24) is 4.90 Å². The Morgan fingerprint density at radius 3 is 1.88 bits per heavy atom. The number of nitrogens with two attached hydrogens (primary N) is 1. The van der Waals surface area contributed by atoms with Crippen molar-refractivity contribution in [3.05, 3.63) is 111 Å². The van der Waals surface area contributed by atoms with Crippen molar-refractivity contribution >= 4 is 29.5 Å². The molecule has 0 spiro atoms. The molecule has 1 aliphatic rings. The standard InChI is InChI=1S/C33H33F4N3O2/c1-3-40(4-2)12-11-39-25-7-8-26(33(38)42)27(19-25)22-17-23(13-20-5-9-28(34)30(36)15-20)32(41)24(18-22)14-21-6-10-29(35)31(37)16-21/h5-10,13-16,19,22,39H,3-4,11-12,17-18H2,1-2H3,(H2,38,42)/b23-13+,24-14+. The van der Waals surface area contributed by atoms with Gasteiger partial charge in [0, 0.05) is 35.5 Å². The first-order chi connectivity index (χ1) is 20.1. The van der Waals surface area contributed by atoms with E-state index in [0.717, 1.165) is 49.6 Å². The van der Waals surface area contributed by atoms with Crippen LogP contribution in [-0.2, 0) is 4.79 Å². The lowest BCUT2D eigenvalue weighted by molar-refractivity contribution is -0.113. The number of carbonyl (C=O) groups is 2. The van der Waals surface area contributed by atoms with Gasteiger partial charge < -0.3 is 16.0 Å². The van der Waals surface area contributed by atoms with Gasteiger partial charge >= 0.3 is 0 Å². The van der Waals surface area contributed by atoms with Gasteiger partial charge in [-0.15, -0.1) is 0 Å². The van der Waals surface area contributed by atoms with Crippen LogP contribution in [-0.4, -0.2) is 42.8 Å². The number of benzene rings is 3. The van der Waals surface area contributed by atoms with Crippen molar-refractivity contribution in [2.45, 2.75) is 32.6 Å². The fraction of sp³-hybridized carbons (Fsp3) is 0.273. The number of nitrogens with one attached hydrogen (secondary N) is 1. The summed E-state index contributed by atoms with van der Waals surface area (Å²) in [5.41, 5.74) is 8.58. The van der Waals surface area contributed by atoms with Crippen LogP contribution in [0.15, 0.2) is 65.7 Å². The third-order valence-electron chi connectivity index (χ3n) is 7.49. The average Bonchev–Trinajstić information content (AvgIpc) is 2.97. The number of Topliss-reactive ketones (excluding diaryl/α,β-unsaturated/α-hetero) is 1. The highest BCUT2D eigenvalue weighted by Crippen LogP contribution is 2.40. The number of anilines is 1. The Kier molecular flexibility index (Phi) is 9.96.